The van der Waals surface area contributed by atoms with E-state index in [1.54, 1.807) is 29.9 Å². The van der Waals surface area contributed by atoms with E-state index >= 15 is 0 Å². The number of carboxylic acids is 2. The number of alkyl halides is 6. The highest BCUT2D eigenvalue weighted by molar-refractivity contribution is 7.09. The van der Waals surface area contributed by atoms with E-state index in [9.17, 15) is 31.1 Å². The number of hydrogen-bond acceptors (Lipinski definition) is 7. The van der Waals surface area contributed by atoms with Crippen molar-refractivity contribution in [1.29, 1.82) is 0 Å². The zero-order valence-corrected chi connectivity index (χ0v) is 20.1. The van der Waals surface area contributed by atoms with Gasteiger partial charge in [-0.2, -0.15) is 26.3 Å². The van der Waals surface area contributed by atoms with Crippen LogP contribution in [-0.2, 0) is 35.8 Å². The highest BCUT2D eigenvalue weighted by Gasteiger charge is 2.38. The predicted octanol–water partition coefficient (Wildman–Crippen LogP) is 3.22. The first-order valence-corrected chi connectivity index (χ1v) is 11.4. The Hall–Kier alpha value is -3.73. The number of carboxylic acid groups (broad SMARTS) is 2. The van der Waals surface area contributed by atoms with Gasteiger partial charge in [0.05, 0.1) is 25.1 Å². The second-order valence-electron chi connectivity index (χ2n) is 7.64. The zero-order valence-electron chi connectivity index (χ0n) is 19.3. The third-order valence-corrected chi connectivity index (χ3v) is 5.57. The molecule has 3 aromatic heterocycles. The molecule has 0 saturated carbocycles. The maximum atomic E-state index is 12.5. The van der Waals surface area contributed by atoms with Crippen LogP contribution in [0.25, 0.3) is 0 Å². The summed E-state index contributed by atoms with van der Waals surface area (Å²) in [4.78, 5) is 42.8. The van der Waals surface area contributed by atoms with Crippen LogP contribution in [0.5, 0.6) is 0 Å². The molecule has 0 amide bonds. The van der Waals surface area contributed by atoms with Gasteiger partial charge in [0.1, 0.15) is 5.82 Å². The van der Waals surface area contributed by atoms with Crippen LogP contribution in [0, 0.1) is 0 Å². The Labute approximate surface area is 214 Å². The molecule has 4 heterocycles. The Balaban J connectivity index is 0.000000301. The third kappa shape index (κ3) is 9.97. The molecule has 10 nitrogen and oxygen atoms in total. The van der Waals surface area contributed by atoms with Gasteiger partial charge in [0.15, 0.2) is 0 Å². The molecule has 0 unspecified atom stereocenters. The quantitative estimate of drug-likeness (QED) is 0.458. The molecule has 208 valence electrons. The minimum Gasteiger partial charge on any atom is -0.475 e. The van der Waals surface area contributed by atoms with Gasteiger partial charge < -0.3 is 14.8 Å². The van der Waals surface area contributed by atoms with Crippen molar-refractivity contribution in [2.75, 3.05) is 6.54 Å². The lowest BCUT2D eigenvalue weighted by molar-refractivity contribution is -0.193. The van der Waals surface area contributed by atoms with E-state index in [4.69, 9.17) is 24.8 Å². The van der Waals surface area contributed by atoms with Crippen LogP contribution >= 0.6 is 11.3 Å². The Morgan fingerprint density at radius 2 is 1.66 bits per heavy atom. The summed E-state index contributed by atoms with van der Waals surface area (Å²) in [6.45, 7) is 3.93. The number of hydrogen-bond donors (Lipinski definition) is 2. The van der Waals surface area contributed by atoms with Gasteiger partial charge in [0.25, 0.3) is 5.56 Å². The monoisotopic (exact) mass is 569 g/mol. The van der Waals surface area contributed by atoms with Crippen molar-refractivity contribution in [2.24, 2.45) is 0 Å². The molecule has 1 aliphatic rings. The standard InChI is InChI=1S/C17H19N5OS.2C2HF3O2/c23-17-9-14(10-21-7-4-18-13-21)19-16-12-20(5-2-6-22(16)17)11-15-3-1-8-24-15;2*3-2(4,5)1(6)7/h1,3-4,7-9,13H,2,5-6,10-12H2;2*(H,6,7). The first kappa shape index (κ1) is 30.5. The average Bonchev–Trinajstić information content (AvgIpc) is 3.45. The van der Waals surface area contributed by atoms with E-state index in [1.165, 1.54) is 4.88 Å². The number of aliphatic carboxylic acids is 2. The van der Waals surface area contributed by atoms with E-state index in [-0.39, 0.29) is 5.56 Å². The second-order valence-corrected chi connectivity index (χ2v) is 8.67. The Bertz CT molecular complexity index is 1220. The molecule has 17 heteroatoms. The largest absolute Gasteiger partial charge is 0.490 e. The van der Waals surface area contributed by atoms with Crippen molar-refractivity contribution >= 4 is 23.3 Å². The lowest BCUT2D eigenvalue weighted by Crippen LogP contribution is -2.27. The fourth-order valence-corrected chi connectivity index (χ4v) is 3.85. The van der Waals surface area contributed by atoms with Gasteiger partial charge in [-0.1, -0.05) is 6.07 Å². The molecule has 0 aliphatic carbocycles. The summed E-state index contributed by atoms with van der Waals surface area (Å²) in [5.41, 5.74) is 0.843. The van der Waals surface area contributed by atoms with Gasteiger partial charge >= 0.3 is 24.3 Å². The van der Waals surface area contributed by atoms with Gasteiger partial charge in [-0.25, -0.2) is 19.6 Å². The van der Waals surface area contributed by atoms with E-state index in [2.05, 4.69) is 27.4 Å². The van der Waals surface area contributed by atoms with E-state index in [0.29, 0.717) is 13.1 Å². The Morgan fingerprint density at radius 1 is 1.03 bits per heavy atom. The van der Waals surface area contributed by atoms with Gasteiger partial charge in [0.2, 0.25) is 0 Å². The van der Waals surface area contributed by atoms with Gasteiger partial charge in [0, 0.05) is 43.0 Å². The Morgan fingerprint density at radius 3 is 2.16 bits per heavy atom. The summed E-state index contributed by atoms with van der Waals surface area (Å²) in [7, 11) is 0. The molecule has 0 fully saturated rings. The SMILES string of the molecule is O=C(O)C(F)(F)F.O=C(O)C(F)(F)F.O=c1cc(Cn2ccnc2)nc2n1CCCN(Cc1cccs1)C2. The molecular formula is C21H21F6N5O5S. The highest BCUT2D eigenvalue weighted by atomic mass is 32.1. The van der Waals surface area contributed by atoms with Crippen molar-refractivity contribution in [3.8, 4) is 0 Å². The molecule has 0 aromatic carbocycles. The van der Waals surface area contributed by atoms with Gasteiger partial charge in [-0.3, -0.25) is 14.3 Å². The minimum absolute atomic E-state index is 0.0492. The number of rotatable bonds is 4. The van der Waals surface area contributed by atoms with Crippen molar-refractivity contribution in [2.45, 2.75) is 45.0 Å². The number of imidazole rings is 1. The number of halogens is 6. The van der Waals surface area contributed by atoms with Crippen LogP contribution in [0.1, 0.15) is 22.8 Å². The number of nitrogens with zero attached hydrogens (tertiary/aromatic N) is 5. The van der Waals surface area contributed by atoms with E-state index < -0.39 is 24.3 Å². The maximum Gasteiger partial charge on any atom is 0.490 e. The number of thiophene rings is 1. The lowest BCUT2D eigenvalue weighted by atomic mass is 10.3. The normalized spacial score (nSPS) is 13.7. The fourth-order valence-electron chi connectivity index (χ4n) is 3.10. The van der Waals surface area contributed by atoms with E-state index in [0.717, 1.165) is 37.6 Å². The van der Waals surface area contributed by atoms with Crippen molar-refractivity contribution in [1.82, 2.24) is 24.0 Å². The summed E-state index contributed by atoms with van der Waals surface area (Å²) in [5.74, 6) is -4.65. The molecule has 4 rings (SSSR count). The van der Waals surface area contributed by atoms with Crippen LogP contribution < -0.4 is 5.56 Å². The first-order chi connectivity index (χ1) is 17.7. The molecule has 0 spiro atoms. The van der Waals surface area contributed by atoms with E-state index in [1.807, 2.05) is 15.3 Å². The van der Waals surface area contributed by atoms with Gasteiger partial charge in [-0.15, -0.1) is 11.3 Å². The van der Waals surface area contributed by atoms with Crippen LogP contribution in [0.2, 0.25) is 0 Å². The molecule has 1 aliphatic heterocycles. The number of carbonyl (C=O) groups is 2. The summed E-state index contributed by atoms with van der Waals surface area (Å²) < 4.78 is 67.2. The fraction of sp³-hybridized carbons (Fsp3) is 0.381. The molecule has 0 bridgehead atoms. The summed E-state index contributed by atoms with van der Waals surface area (Å²) in [5, 5.41) is 16.4. The number of aromatic nitrogens is 4. The second kappa shape index (κ2) is 13.2. The number of fused-ring (bicyclic) bond motifs is 1. The molecule has 2 N–H and O–H groups in total. The van der Waals surface area contributed by atoms with Crippen molar-refractivity contribution in [3.63, 3.8) is 0 Å². The van der Waals surface area contributed by atoms with Crippen LogP contribution in [-0.4, -0.2) is 65.1 Å². The first-order valence-electron chi connectivity index (χ1n) is 10.6. The topological polar surface area (TPSA) is 131 Å². The average molecular weight is 569 g/mol. The molecular weight excluding hydrogens is 548 g/mol. The summed E-state index contributed by atoms with van der Waals surface area (Å²) in [6.07, 6.45) is -3.83. The molecule has 0 saturated heterocycles. The molecule has 0 atom stereocenters. The van der Waals surface area contributed by atoms with Gasteiger partial charge in [-0.05, 0) is 17.9 Å². The maximum absolute atomic E-state index is 12.5. The summed E-state index contributed by atoms with van der Waals surface area (Å²) >= 11 is 1.77. The molecule has 38 heavy (non-hydrogen) atoms. The lowest BCUT2D eigenvalue weighted by Gasteiger charge is -2.19. The Kier molecular flexibility index (Phi) is 10.6. The zero-order chi connectivity index (χ0) is 28.5. The molecule has 3 aromatic rings. The van der Waals surface area contributed by atoms with Crippen LogP contribution in [0.15, 0.2) is 47.1 Å². The summed E-state index contributed by atoms with van der Waals surface area (Å²) in [6, 6.07) is 5.89. The smallest absolute Gasteiger partial charge is 0.475 e. The highest BCUT2D eigenvalue weighted by Crippen LogP contribution is 2.17. The van der Waals surface area contributed by atoms with Crippen LogP contribution in [0.3, 0.4) is 0 Å². The predicted molar refractivity (Wildman–Crippen MR) is 120 cm³/mol. The third-order valence-electron chi connectivity index (χ3n) is 4.71. The van der Waals surface area contributed by atoms with Crippen molar-refractivity contribution in [3.05, 3.63) is 69.0 Å². The minimum atomic E-state index is -5.08. The molecule has 0 radical (unpaired) electrons. The van der Waals surface area contributed by atoms with Crippen molar-refractivity contribution < 1.29 is 46.1 Å². The van der Waals surface area contributed by atoms with Crippen LogP contribution in [0.4, 0.5) is 26.3 Å².